The van der Waals surface area contributed by atoms with Crippen LogP contribution in [0.3, 0.4) is 0 Å². The molecule has 0 saturated carbocycles. The summed E-state index contributed by atoms with van der Waals surface area (Å²) in [5.41, 5.74) is 1.70. The fraction of sp³-hybridized carbons (Fsp3) is 0.0833. The maximum absolute atomic E-state index is 12.6. The number of nitriles is 1. The van der Waals surface area contributed by atoms with Gasteiger partial charge < -0.3 is 14.2 Å². The molecular weight excluding hydrogens is 508 g/mol. The number of carbonyl (C=O) groups is 1. The lowest BCUT2D eigenvalue weighted by molar-refractivity contribution is -0.112. The molecule has 0 bridgehead atoms. The van der Waals surface area contributed by atoms with E-state index >= 15 is 0 Å². The summed E-state index contributed by atoms with van der Waals surface area (Å²) in [5, 5.41) is 12.1. The molecule has 0 saturated heterocycles. The summed E-state index contributed by atoms with van der Waals surface area (Å²) >= 11 is 3.29. The second-order valence-electron chi connectivity index (χ2n) is 6.86. The number of ether oxygens (including phenoxy) is 1. The predicted octanol–water partition coefficient (Wildman–Crippen LogP) is 5.08. The van der Waals surface area contributed by atoms with E-state index in [9.17, 15) is 18.5 Å². The van der Waals surface area contributed by atoms with Gasteiger partial charge in [0.2, 0.25) is 0 Å². The Morgan fingerprint density at radius 3 is 2.39 bits per heavy atom. The van der Waals surface area contributed by atoms with Gasteiger partial charge in [-0.15, -0.1) is 0 Å². The summed E-state index contributed by atoms with van der Waals surface area (Å²) in [4.78, 5) is 12.6. The van der Waals surface area contributed by atoms with Crippen molar-refractivity contribution >= 4 is 43.7 Å². The molecule has 7 nitrogen and oxygen atoms in total. The first-order chi connectivity index (χ1) is 15.7. The van der Waals surface area contributed by atoms with Crippen molar-refractivity contribution in [2.24, 2.45) is 0 Å². The van der Waals surface area contributed by atoms with Crippen molar-refractivity contribution in [3.63, 3.8) is 0 Å². The Morgan fingerprint density at radius 2 is 1.76 bits per heavy atom. The number of hydrogen-bond acceptors (Lipinski definition) is 6. The fourth-order valence-corrected chi connectivity index (χ4v) is 4.33. The van der Waals surface area contributed by atoms with Crippen molar-refractivity contribution in [1.29, 1.82) is 5.26 Å². The van der Waals surface area contributed by atoms with Crippen LogP contribution in [-0.4, -0.2) is 21.4 Å². The Kier molecular flexibility index (Phi) is 7.53. The topological polar surface area (TPSA) is 105 Å². The largest absolute Gasteiger partial charge is 0.495 e. The van der Waals surface area contributed by atoms with Crippen molar-refractivity contribution < 1.29 is 22.1 Å². The van der Waals surface area contributed by atoms with Crippen LogP contribution in [0.5, 0.6) is 11.5 Å². The second-order valence-corrected chi connectivity index (χ2v) is 9.27. The number of anilines is 1. The minimum absolute atomic E-state index is 0.0313. The lowest BCUT2D eigenvalue weighted by Crippen LogP contribution is -2.14. The third-order valence-corrected chi connectivity index (χ3v) is 6.36. The summed E-state index contributed by atoms with van der Waals surface area (Å²) in [7, 11) is -2.54. The van der Waals surface area contributed by atoms with E-state index in [4.69, 9.17) is 8.92 Å². The lowest BCUT2D eigenvalue weighted by Gasteiger charge is -2.10. The van der Waals surface area contributed by atoms with Crippen LogP contribution in [0.1, 0.15) is 11.1 Å². The minimum atomic E-state index is -4.02. The Labute approximate surface area is 200 Å². The zero-order valence-electron chi connectivity index (χ0n) is 17.7. The van der Waals surface area contributed by atoms with Gasteiger partial charge in [0.15, 0.2) is 5.75 Å². The van der Waals surface area contributed by atoms with Gasteiger partial charge in [0.1, 0.15) is 22.3 Å². The molecule has 0 spiro atoms. The molecule has 0 unspecified atom stereocenters. The Balaban J connectivity index is 1.81. The first kappa shape index (κ1) is 24.0. The standard InChI is InChI=1S/C24H19BrN2O5S/c1-16-7-10-19(11-8-16)33(29,30)32-22-12-9-17(14-20(22)25)13-18(15-26)24(28)27-21-5-3-4-6-23(21)31-2/h3-14H,1-2H3,(H,27,28)/b18-13+. The van der Waals surface area contributed by atoms with Gasteiger partial charge in [0.05, 0.1) is 17.3 Å². The summed E-state index contributed by atoms with van der Waals surface area (Å²) < 4.78 is 35.8. The molecule has 0 heterocycles. The normalized spacial score (nSPS) is 11.4. The number of carbonyl (C=O) groups excluding carboxylic acids is 1. The van der Waals surface area contributed by atoms with Crippen molar-refractivity contribution in [2.45, 2.75) is 11.8 Å². The minimum Gasteiger partial charge on any atom is -0.495 e. The molecule has 9 heteroatoms. The predicted molar refractivity (Wildman–Crippen MR) is 128 cm³/mol. The number of para-hydroxylation sites is 2. The van der Waals surface area contributed by atoms with E-state index in [0.29, 0.717) is 21.5 Å². The van der Waals surface area contributed by atoms with Crippen LogP contribution in [0.15, 0.2) is 81.7 Å². The highest BCUT2D eigenvalue weighted by atomic mass is 79.9. The summed E-state index contributed by atoms with van der Waals surface area (Å²) in [6, 6.07) is 19.5. The van der Waals surface area contributed by atoms with Crippen LogP contribution >= 0.6 is 15.9 Å². The summed E-state index contributed by atoms with van der Waals surface area (Å²) in [6.07, 6.45) is 1.38. The van der Waals surface area contributed by atoms with Gasteiger partial charge >= 0.3 is 10.1 Å². The molecular formula is C24H19BrN2O5S. The first-order valence-corrected chi connectivity index (χ1v) is 11.8. The first-order valence-electron chi connectivity index (χ1n) is 9.60. The SMILES string of the molecule is COc1ccccc1NC(=O)/C(C#N)=C/c1ccc(OS(=O)(=O)c2ccc(C)cc2)c(Br)c1. The molecule has 3 aromatic carbocycles. The van der Waals surface area contributed by atoms with Crippen LogP contribution in [-0.2, 0) is 14.9 Å². The highest BCUT2D eigenvalue weighted by Gasteiger charge is 2.18. The van der Waals surface area contributed by atoms with Crippen molar-refractivity contribution in [1.82, 2.24) is 0 Å². The number of methoxy groups -OCH3 is 1. The van der Waals surface area contributed by atoms with E-state index in [-0.39, 0.29) is 16.2 Å². The number of amides is 1. The summed E-state index contributed by atoms with van der Waals surface area (Å²) in [6.45, 7) is 1.85. The number of aryl methyl sites for hydroxylation is 1. The van der Waals surface area contributed by atoms with Gasteiger partial charge in [-0.1, -0.05) is 35.9 Å². The Morgan fingerprint density at radius 1 is 1.06 bits per heavy atom. The number of halogens is 1. The zero-order chi connectivity index (χ0) is 24.0. The molecule has 168 valence electrons. The van der Waals surface area contributed by atoms with E-state index in [0.717, 1.165) is 5.56 Å². The molecule has 0 aromatic heterocycles. The third-order valence-electron chi connectivity index (χ3n) is 4.50. The van der Waals surface area contributed by atoms with Crippen LogP contribution in [0.4, 0.5) is 5.69 Å². The van der Waals surface area contributed by atoms with E-state index in [2.05, 4.69) is 21.2 Å². The van der Waals surface area contributed by atoms with Gasteiger partial charge in [-0.25, -0.2) is 0 Å². The highest BCUT2D eigenvalue weighted by Crippen LogP contribution is 2.30. The molecule has 0 aliphatic carbocycles. The fourth-order valence-electron chi connectivity index (χ4n) is 2.80. The highest BCUT2D eigenvalue weighted by molar-refractivity contribution is 9.10. The molecule has 3 aromatic rings. The number of benzene rings is 3. The van der Waals surface area contributed by atoms with E-state index in [1.165, 1.54) is 31.4 Å². The second kappa shape index (κ2) is 10.3. The van der Waals surface area contributed by atoms with Crippen LogP contribution in [0.25, 0.3) is 6.08 Å². The molecule has 3 rings (SSSR count). The summed E-state index contributed by atoms with van der Waals surface area (Å²) in [5.74, 6) is -0.0766. The van der Waals surface area contributed by atoms with Gasteiger partial charge in [-0.3, -0.25) is 4.79 Å². The molecule has 1 amide bonds. The quantitative estimate of drug-likeness (QED) is 0.261. The van der Waals surface area contributed by atoms with E-state index in [1.807, 2.05) is 13.0 Å². The molecule has 0 aliphatic rings. The molecule has 1 N–H and O–H groups in total. The number of hydrogen-bond donors (Lipinski definition) is 1. The monoisotopic (exact) mass is 526 g/mol. The van der Waals surface area contributed by atoms with Crippen molar-refractivity contribution in [3.05, 3.63) is 87.9 Å². The lowest BCUT2D eigenvalue weighted by atomic mass is 10.1. The molecule has 0 atom stereocenters. The molecule has 0 aliphatic heterocycles. The Hall–Kier alpha value is -3.61. The molecule has 0 fully saturated rings. The Bertz CT molecular complexity index is 1360. The molecule has 33 heavy (non-hydrogen) atoms. The van der Waals surface area contributed by atoms with E-state index < -0.39 is 16.0 Å². The zero-order valence-corrected chi connectivity index (χ0v) is 20.1. The van der Waals surface area contributed by atoms with E-state index in [1.54, 1.807) is 48.5 Å². The van der Waals surface area contributed by atoms with Gasteiger partial charge in [-0.05, 0) is 70.9 Å². The van der Waals surface area contributed by atoms with Gasteiger partial charge in [-0.2, -0.15) is 13.7 Å². The average molecular weight is 527 g/mol. The van der Waals surface area contributed by atoms with Crippen LogP contribution < -0.4 is 14.2 Å². The number of nitrogens with one attached hydrogen (secondary N) is 1. The maximum atomic E-state index is 12.6. The number of nitrogens with zero attached hydrogens (tertiary/aromatic N) is 1. The van der Waals surface area contributed by atoms with Gasteiger partial charge in [0.25, 0.3) is 5.91 Å². The van der Waals surface area contributed by atoms with Crippen molar-refractivity contribution in [3.8, 4) is 17.6 Å². The smallest absolute Gasteiger partial charge is 0.339 e. The number of rotatable bonds is 7. The molecule has 0 radical (unpaired) electrons. The van der Waals surface area contributed by atoms with Crippen molar-refractivity contribution in [2.75, 3.05) is 12.4 Å². The van der Waals surface area contributed by atoms with Crippen LogP contribution in [0, 0.1) is 18.3 Å². The average Bonchev–Trinajstić information content (AvgIpc) is 2.79. The third kappa shape index (κ3) is 6.00. The van der Waals surface area contributed by atoms with Crippen LogP contribution in [0.2, 0.25) is 0 Å². The van der Waals surface area contributed by atoms with Gasteiger partial charge in [0, 0.05) is 0 Å². The maximum Gasteiger partial charge on any atom is 0.339 e.